The lowest BCUT2D eigenvalue weighted by Crippen LogP contribution is -2.21. The first-order valence-corrected chi connectivity index (χ1v) is 7.01. The van der Waals surface area contributed by atoms with Crippen molar-refractivity contribution in [3.05, 3.63) is 21.3 Å². The second kappa shape index (κ2) is 8.29. The van der Waals surface area contributed by atoms with Crippen LogP contribution < -0.4 is 26.7 Å². The van der Waals surface area contributed by atoms with Gasteiger partial charge in [-0.15, -0.1) is 5.10 Å². The Kier molecular flexibility index (Phi) is 6.72. The van der Waals surface area contributed by atoms with Crippen molar-refractivity contribution in [1.29, 1.82) is 0 Å². The number of carbonyl (C=O) groups is 1. The molecule has 0 saturated carbocycles. The summed E-state index contributed by atoms with van der Waals surface area (Å²) in [6.45, 7) is 2.06. The zero-order valence-corrected chi connectivity index (χ0v) is 13.5. The van der Waals surface area contributed by atoms with Crippen molar-refractivity contribution in [2.24, 2.45) is 27.4 Å². The summed E-state index contributed by atoms with van der Waals surface area (Å²) >= 11 is 2.06. The second-order valence-electron chi connectivity index (χ2n) is 3.79. The zero-order valence-electron chi connectivity index (χ0n) is 11.4. The van der Waals surface area contributed by atoms with Crippen LogP contribution in [0.15, 0.2) is 22.3 Å². The molecule has 0 saturated heterocycles. The van der Waals surface area contributed by atoms with Gasteiger partial charge in [-0.3, -0.25) is 4.79 Å². The van der Waals surface area contributed by atoms with E-state index in [4.69, 9.17) is 26.7 Å². The molecule has 0 spiro atoms. The Morgan fingerprint density at radius 3 is 2.62 bits per heavy atom. The van der Waals surface area contributed by atoms with Crippen LogP contribution in [0.3, 0.4) is 0 Å². The number of benzene rings is 1. The summed E-state index contributed by atoms with van der Waals surface area (Å²) in [6.07, 6.45) is 1.47. The molecule has 0 fully saturated rings. The topological polar surface area (TPSA) is 138 Å². The van der Waals surface area contributed by atoms with Gasteiger partial charge in [0.1, 0.15) is 0 Å². The molecule has 0 aliphatic rings. The number of amides is 1. The Hall–Kier alpha value is -2.04. The minimum atomic E-state index is -0.563. The van der Waals surface area contributed by atoms with Crippen molar-refractivity contribution >= 4 is 40.7 Å². The fourth-order valence-corrected chi connectivity index (χ4v) is 2.15. The van der Waals surface area contributed by atoms with Gasteiger partial charge in [-0.1, -0.05) is 0 Å². The van der Waals surface area contributed by atoms with E-state index in [2.05, 4.69) is 32.8 Å². The first-order valence-electron chi connectivity index (χ1n) is 5.93. The molecule has 0 atom stereocenters. The van der Waals surface area contributed by atoms with Crippen LogP contribution in [0.2, 0.25) is 0 Å². The maximum Gasteiger partial charge on any atom is 0.255 e. The smallest absolute Gasteiger partial charge is 0.255 e. The summed E-state index contributed by atoms with van der Waals surface area (Å²) in [4.78, 5) is 10.8. The highest BCUT2D eigenvalue weighted by atomic mass is 127. The van der Waals surface area contributed by atoms with Crippen LogP contribution in [0, 0.1) is 3.57 Å². The van der Waals surface area contributed by atoms with Gasteiger partial charge in [0.05, 0.1) is 16.4 Å². The normalized spacial score (nSPS) is 10.4. The van der Waals surface area contributed by atoms with Gasteiger partial charge >= 0.3 is 0 Å². The molecule has 8 nitrogen and oxygen atoms in total. The van der Waals surface area contributed by atoms with E-state index in [1.54, 1.807) is 12.1 Å². The molecular formula is C12H16IN5O3. The van der Waals surface area contributed by atoms with Crippen LogP contribution in [0.4, 0.5) is 0 Å². The summed E-state index contributed by atoms with van der Waals surface area (Å²) < 4.78 is 11.6. The average Bonchev–Trinajstić information content (AvgIpc) is 2.37. The van der Waals surface area contributed by atoms with Gasteiger partial charge in [0.15, 0.2) is 18.1 Å². The second-order valence-corrected chi connectivity index (χ2v) is 4.95. The number of primary amides is 1. The number of guanidine groups is 1. The van der Waals surface area contributed by atoms with Crippen LogP contribution in [-0.4, -0.2) is 31.3 Å². The predicted octanol–water partition coefficient (Wildman–Crippen LogP) is 0.161. The number of hydrogen-bond acceptors (Lipinski definition) is 5. The molecule has 6 N–H and O–H groups in total. The Labute approximate surface area is 135 Å². The van der Waals surface area contributed by atoms with E-state index in [0.29, 0.717) is 18.1 Å². The van der Waals surface area contributed by atoms with E-state index in [1.165, 1.54) is 6.21 Å². The maximum absolute atomic E-state index is 10.8. The number of hydrogen-bond donors (Lipinski definition) is 3. The number of nitrogens with zero attached hydrogens (tertiary/aromatic N) is 2. The zero-order chi connectivity index (χ0) is 15.8. The monoisotopic (exact) mass is 405 g/mol. The van der Waals surface area contributed by atoms with E-state index in [9.17, 15) is 4.79 Å². The van der Waals surface area contributed by atoms with Crippen LogP contribution in [0.5, 0.6) is 11.5 Å². The van der Waals surface area contributed by atoms with Crippen molar-refractivity contribution in [2.45, 2.75) is 6.92 Å². The van der Waals surface area contributed by atoms with Crippen LogP contribution >= 0.6 is 22.6 Å². The first kappa shape index (κ1) is 17.0. The number of carbonyl (C=O) groups excluding carboxylic acids is 1. The minimum Gasteiger partial charge on any atom is -0.490 e. The Morgan fingerprint density at radius 2 is 2.05 bits per heavy atom. The third-order valence-electron chi connectivity index (χ3n) is 2.07. The Balaban J connectivity index is 3.08. The van der Waals surface area contributed by atoms with Gasteiger partial charge in [0.25, 0.3) is 5.91 Å². The molecule has 1 amide bonds. The predicted molar refractivity (Wildman–Crippen MR) is 88.4 cm³/mol. The molecule has 0 aliphatic carbocycles. The number of halogens is 1. The van der Waals surface area contributed by atoms with Crippen molar-refractivity contribution in [1.82, 2.24) is 0 Å². The van der Waals surface area contributed by atoms with Crippen LogP contribution in [-0.2, 0) is 4.79 Å². The Bertz CT molecular complexity index is 570. The van der Waals surface area contributed by atoms with E-state index >= 15 is 0 Å². The molecule has 0 radical (unpaired) electrons. The highest BCUT2D eigenvalue weighted by molar-refractivity contribution is 14.1. The minimum absolute atomic E-state index is 0.132. The molecule has 1 aromatic rings. The standard InChI is InChI=1S/C12H16IN5O3/c1-2-20-9-4-7(5-17-18-12(15)16)3-8(13)11(9)21-6-10(14)19/h3-5H,2,6H2,1H3,(H2,14,19)(H4,15,16,18). The SMILES string of the molecule is CCOc1cc(C=NN=C(N)N)cc(I)c1OCC(N)=O. The fourth-order valence-electron chi connectivity index (χ4n) is 1.37. The molecule has 0 heterocycles. The van der Waals surface area contributed by atoms with Crippen LogP contribution in [0.1, 0.15) is 12.5 Å². The van der Waals surface area contributed by atoms with Crippen molar-refractivity contribution in [2.75, 3.05) is 13.2 Å². The quantitative estimate of drug-likeness (QED) is 0.257. The molecule has 1 aromatic carbocycles. The van der Waals surface area contributed by atoms with Gasteiger partial charge in [-0.25, -0.2) is 0 Å². The highest BCUT2D eigenvalue weighted by Crippen LogP contribution is 2.33. The summed E-state index contributed by atoms with van der Waals surface area (Å²) in [5.74, 6) is 0.242. The van der Waals surface area contributed by atoms with Crippen molar-refractivity contribution in [3.8, 4) is 11.5 Å². The number of rotatable bonds is 7. The molecule has 0 aliphatic heterocycles. The third-order valence-corrected chi connectivity index (χ3v) is 2.87. The van der Waals surface area contributed by atoms with E-state index < -0.39 is 5.91 Å². The van der Waals surface area contributed by atoms with Crippen molar-refractivity contribution < 1.29 is 14.3 Å². The molecule has 9 heteroatoms. The molecule has 0 aromatic heterocycles. The lowest BCUT2D eigenvalue weighted by molar-refractivity contribution is -0.119. The lowest BCUT2D eigenvalue weighted by Gasteiger charge is -2.13. The van der Waals surface area contributed by atoms with Gasteiger partial charge in [0, 0.05) is 0 Å². The van der Waals surface area contributed by atoms with Gasteiger partial charge in [0.2, 0.25) is 5.96 Å². The van der Waals surface area contributed by atoms with E-state index in [-0.39, 0.29) is 12.6 Å². The van der Waals surface area contributed by atoms with Gasteiger partial charge < -0.3 is 26.7 Å². The van der Waals surface area contributed by atoms with Crippen molar-refractivity contribution in [3.63, 3.8) is 0 Å². The Morgan fingerprint density at radius 1 is 1.33 bits per heavy atom. The van der Waals surface area contributed by atoms with Crippen LogP contribution in [0.25, 0.3) is 0 Å². The maximum atomic E-state index is 10.8. The largest absolute Gasteiger partial charge is 0.490 e. The number of ether oxygens (including phenoxy) is 2. The molecule has 0 bridgehead atoms. The third kappa shape index (κ3) is 5.85. The molecule has 0 unspecified atom stereocenters. The lowest BCUT2D eigenvalue weighted by atomic mass is 10.2. The van der Waals surface area contributed by atoms with E-state index in [0.717, 1.165) is 9.13 Å². The fraction of sp³-hybridized carbons (Fsp3) is 0.250. The summed E-state index contributed by atoms with van der Waals surface area (Å²) in [7, 11) is 0. The summed E-state index contributed by atoms with van der Waals surface area (Å²) in [5, 5.41) is 7.24. The van der Waals surface area contributed by atoms with Gasteiger partial charge in [-0.05, 0) is 47.2 Å². The summed E-state index contributed by atoms with van der Waals surface area (Å²) in [5.41, 5.74) is 16.2. The molecule has 21 heavy (non-hydrogen) atoms. The first-order chi connectivity index (χ1) is 9.93. The molecule has 1 rings (SSSR count). The molecular weight excluding hydrogens is 389 g/mol. The van der Waals surface area contributed by atoms with Gasteiger partial charge in [-0.2, -0.15) is 5.10 Å². The number of nitrogens with two attached hydrogens (primary N) is 3. The summed E-state index contributed by atoms with van der Waals surface area (Å²) in [6, 6.07) is 3.48. The molecule has 114 valence electrons. The highest BCUT2D eigenvalue weighted by Gasteiger charge is 2.12. The van der Waals surface area contributed by atoms with E-state index in [1.807, 2.05) is 6.92 Å². The average molecular weight is 405 g/mol.